The Balaban J connectivity index is 2.69. The Morgan fingerprint density at radius 3 is 2.30 bits per heavy atom. The number of rotatable bonds is 2. The van der Waals surface area contributed by atoms with Crippen LogP contribution in [0.4, 0.5) is 5.82 Å². The molecular weight excluding hydrogens is 250 g/mol. The van der Waals surface area contributed by atoms with Crippen molar-refractivity contribution in [3.05, 3.63) is 29.3 Å². The molecule has 1 aromatic carbocycles. The molecule has 0 spiro atoms. The number of aromatic nitrogens is 2. The highest BCUT2D eigenvalue weighted by atomic mass is 16.5. The van der Waals surface area contributed by atoms with E-state index in [1.165, 1.54) is 5.56 Å². The average molecular weight is 273 g/mol. The van der Waals surface area contributed by atoms with Crippen LogP contribution >= 0.6 is 0 Å². The Morgan fingerprint density at radius 2 is 1.85 bits per heavy atom. The molecule has 0 aliphatic heterocycles. The molecule has 108 valence electrons. The predicted octanol–water partition coefficient (Wildman–Crippen LogP) is 3.28. The molecule has 20 heavy (non-hydrogen) atoms. The molecule has 0 saturated carbocycles. The number of nitrogen functional groups attached to an aromatic ring is 1. The van der Waals surface area contributed by atoms with Crippen molar-refractivity contribution < 1.29 is 4.74 Å². The lowest BCUT2D eigenvalue weighted by atomic mass is 9.84. The zero-order valence-corrected chi connectivity index (χ0v) is 13.1. The number of anilines is 1. The van der Waals surface area contributed by atoms with Crippen molar-refractivity contribution in [3.63, 3.8) is 0 Å². The number of hydrogen-bond donors (Lipinski definition) is 1. The zero-order chi connectivity index (χ0) is 15.1. The van der Waals surface area contributed by atoms with Gasteiger partial charge in [0.1, 0.15) is 11.6 Å². The van der Waals surface area contributed by atoms with Gasteiger partial charge in [-0.2, -0.15) is 5.10 Å². The molecule has 1 heterocycles. The van der Waals surface area contributed by atoms with Gasteiger partial charge in [-0.3, -0.25) is 4.68 Å². The lowest BCUT2D eigenvalue weighted by molar-refractivity contribution is 0.397. The quantitative estimate of drug-likeness (QED) is 0.913. The fourth-order valence-electron chi connectivity index (χ4n) is 2.45. The van der Waals surface area contributed by atoms with Gasteiger partial charge in [0, 0.05) is 24.2 Å². The molecule has 4 heteroatoms. The number of nitrogens with zero attached hydrogens (tertiary/aromatic N) is 2. The molecule has 0 unspecified atom stereocenters. The van der Waals surface area contributed by atoms with Crippen LogP contribution in [0.25, 0.3) is 11.3 Å². The topological polar surface area (TPSA) is 53.1 Å². The summed E-state index contributed by atoms with van der Waals surface area (Å²) in [6.07, 6.45) is 0. The van der Waals surface area contributed by atoms with Crippen molar-refractivity contribution in [1.29, 1.82) is 0 Å². The van der Waals surface area contributed by atoms with Crippen LogP contribution in [0.5, 0.6) is 5.75 Å². The van der Waals surface area contributed by atoms with Crippen LogP contribution < -0.4 is 10.5 Å². The van der Waals surface area contributed by atoms with Crippen molar-refractivity contribution in [3.8, 4) is 17.0 Å². The summed E-state index contributed by atoms with van der Waals surface area (Å²) in [6, 6.07) is 6.17. The van der Waals surface area contributed by atoms with Gasteiger partial charge < -0.3 is 10.5 Å². The van der Waals surface area contributed by atoms with Crippen LogP contribution in [-0.2, 0) is 12.5 Å². The van der Waals surface area contributed by atoms with Crippen molar-refractivity contribution in [2.24, 2.45) is 7.05 Å². The largest absolute Gasteiger partial charge is 0.496 e. The van der Waals surface area contributed by atoms with E-state index in [2.05, 4.69) is 44.9 Å². The molecule has 0 amide bonds. The highest BCUT2D eigenvalue weighted by molar-refractivity contribution is 5.69. The molecule has 0 radical (unpaired) electrons. The maximum atomic E-state index is 5.79. The number of methoxy groups -OCH3 is 1. The zero-order valence-electron chi connectivity index (χ0n) is 13.1. The maximum absolute atomic E-state index is 5.79. The Morgan fingerprint density at radius 1 is 1.20 bits per heavy atom. The van der Waals surface area contributed by atoms with E-state index in [1.807, 2.05) is 17.8 Å². The first-order chi connectivity index (χ1) is 9.24. The summed E-state index contributed by atoms with van der Waals surface area (Å²) in [4.78, 5) is 0. The molecule has 0 saturated heterocycles. The van der Waals surface area contributed by atoms with Gasteiger partial charge in [-0.05, 0) is 30.0 Å². The van der Waals surface area contributed by atoms with Gasteiger partial charge in [0.15, 0.2) is 0 Å². The van der Waals surface area contributed by atoms with Crippen LogP contribution in [-0.4, -0.2) is 16.9 Å². The fourth-order valence-corrected chi connectivity index (χ4v) is 2.45. The van der Waals surface area contributed by atoms with Gasteiger partial charge in [0.25, 0.3) is 0 Å². The van der Waals surface area contributed by atoms with E-state index in [0.29, 0.717) is 5.82 Å². The highest BCUT2D eigenvalue weighted by Gasteiger charge is 2.21. The first-order valence-electron chi connectivity index (χ1n) is 6.73. The van der Waals surface area contributed by atoms with E-state index in [-0.39, 0.29) is 5.41 Å². The molecule has 2 rings (SSSR count). The van der Waals surface area contributed by atoms with Crippen molar-refractivity contribution >= 4 is 5.82 Å². The second-order valence-electron chi connectivity index (χ2n) is 6.20. The molecule has 0 fully saturated rings. The van der Waals surface area contributed by atoms with E-state index in [4.69, 9.17) is 10.5 Å². The minimum atomic E-state index is 0.0118. The molecule has 0 aliphatic carbocycles. The predicted molar refractivity (Wildman–Crippen MR) is 83.0 cm³/mol. The van der Waals surface area contributed by atoms with Gasteiger partial charge in [-0.25, -0.2) is 0 Å². The van der Waals surface area contributed by atoms with Gasteiger partial charge in [0.2, 0.25) is 0 Å². The number of benzene rings is 1. The normalized spacial score (nSPS) is 11.7. The highest BCUT2D eigenvalue weighted by Crippen LogP contribution is 2.37. The Hall–Kier alpha value is -1.97. The van der Waals surface area contributed by atoms with Crippen LogP contribution in [0.15, 0.2) is 18.2 Å². The summed E-state index contributed by atoms with van der Waals surface area (Å²) in [7, 11) is 3.62. The minimum absolute atomic E-state index is 0.0118. The van der Waals surface area contributed by atoms with Gasteiger partial charge >= 0.3 is 0 Å². The molecule has 4 nitrogen and oxygen atoms in total. The second-order valence-corrected chi connectivity index (χ2v) is 6.20. The summed E-state index contributed by atoms with van der Waals surface area (Å²) in [5.74, 6) is 1.46. The van der Waals surface area contributed by atoms with Crippen molar-refractivity contribution in [1.82, 2.24) is 9.78 Å². The molecule has 0 bridgehead atoms. The molecule has 0 aliphatic rings. The monoisotopic (exact) mass is 273 g/mol. The molecule has 1 aromatic heterocycles. The van der Waals surface area contributed by atoms with Crippen LogP contribution in [0.3, 0.4) is 0 Å². The standard InChI is InChI=1S/C16H23N3O/c1-10-7-14(20-6)12(16(2,3)4)8-11(10)13-9-15(17)18-19(13)5/h7-9H,1-6H3,(H2,17,18). The van der Waals surface area contributed by atoms with Crippen molar-refractivity contribution in [2.45, 2.75) is 33.1 Å². The molecular formula is C16H23N3O. The summed E-state index contributed by atoms with van der Waals surface area (Å²) in [5, 5.41) is 4.23. The summed E-state index contributed by atoms with van der Waals surface area (Å²) >= 11 is 0. The third-order valence-electron chi connectivity index (χ3n) is 3.53. The van der Waals surface area contributed by atoms with E-state index in [1.54, 1.807) is 7.11 Å². The maximum Gasteiger partial charge on any atom is 0.146 e. The SMILES string of the molecule is COc1cc(C)c(-c2cc(N)nn2C)cc1C(C)(C)C. The smallest absolute Gasteiger partial charge is 0.146 e. The van der Waals surface area contributed by atoms with E-state index < -0.39 is 0 Å². The Bertz CT molecular complexity index is 636. The third kappa shape index (κ3) is 2.50. The first-order valence-corrected chi connectivity index (χ1v) is 6.73. The van der Waals surface area contributed by atoms with Gasteiger partial charge in [-0.15, -0.1) is 0 Å². The van der Waals surface area contributed by atoms with Gasteiger partial charge in [0.05, 0.1) is 12.8 Å². The van der Waals surface area contributed by atoms with E-state index in [9.17, 15) is 0 Å². The lowest BCUT2D eigenvalue weighted by Crippen LogP contribution is -2.13. The van der Waals surface area contributed by atoms with Crippen LogP contribution in [0, 0.1) is 6.92 Å². The van der Waals surface area contributed by atoms with E-state index in [0.717, 1.165) is 22.6 Å². The summed E-state index contributed by atoms with van der Waals surface area (Å²) in [6.45, 7) is 8.62. The number of nitrogens with two attached hydrogens (primary N) is 1. The molecule has 0 atom stereocenters. The first kappa shape index (κ1) is 14.4. The molecule has 2 N–H and O–H groups in total. The lowest BCUT2D eigenvalue weighted by Gasteiger charge is -2.24. The van der Waals surface area contributed by atoms with E-state index >= 15 is 0 Å². The van der Waals surface area contributed by atoms with Gasteiger partial charge in [-0.1, -0.05) is 20.8 Å². The van der Waals surface area contributed by atoms with Crippen LogP contribution in [0.2, 0.25) is 0 Å². The van der Waals surface area contributed by atoms with Crippen LogP contribution in [0.1, 0.15) is 31.9 Å². The summed E-state index contributed by atoms with van der Waals surface area (Å²) in [5.41, 5.74) is 10.3. The number of hydrogen-bond acceptors (Lipinski definition) is 3. The number of aryl methyl sites for hydroxylation is 2. The molecule has 2 aromatic rings. The Kier molecular flexibility index (Phi) is 3.50. The average Bonchev–Trinajstić information content (AvgIpc) is 2.66. The Labute approximate surface area is 120 Å². The number of ether oxygens (including phenoxy) is 1. The van der Waals surface area contributed by atoms with Crippen molar-refractivity contribution in [2.75, 3.05) is 12.8 Å². The fraction of sp³-hybridized carbons (Fsp3) is 0.438. The second kappa shape index (κ2) is 4.85. The third-order valence-corrected chi connectivity index (χ3v) is 3.53. The summed E-state index contributed by atoms with van der Waals surface area (Å²) < 4.78 is 7.35. The minimum Gasteiger partial charge on any atom is -0.496 e.